The highest BCUT2D eigenvalue weighted by molar-refractivity contribution is 6.31. The number of rotatable bonds is 4. The van der Waals surface area contributed by atoms with Crippen molar-refractivity contribution < 1.29 is 14.3 Å². The Balaban J connectivity index is 1.43. The predicted molar refractivity (Wildman–Crippen MR) is 109 cm³/mol. The summed E-state index contributed by atoms with van der Waals surface area (Å²) in [5.41, 5.74) is 3.26. The molecule has 1 aromatic heterocycles. The van der Waals surface area contributed by atoms with E-state index in [1.54, 1.807) is 13.0 Å². The smallest absolute Gasteiger partial charge is 0.274 e. The molecular formula is C21H26ClFN4O2. The van der Waals surface area contributed by atoms with Crippen LogP contribution in [0.1, 0.15) is 53.0 Å². The summed E-state index contributed by atoms with van der Waals surface area (Å²) in [6.45, 7) is 5.00. The molecule has 0 spiro atoms. The first kappa shape index (κ1) is 20.3. The fraction of sp³-hybridized carbons (Fsp3) is 0.524. The first-order valence-corrected chi connectivity index (χ1v) is 10.5. The van der Waals surface area contributed by atoms with E-state index in [2.05, 4.69) is 15.1 Å². The highest BCUT2D eigenvalue weighted by atomic mass is 35.5. The Bertz CT molecular complexity index is 893. The highest BCUT2D eigenvalue weighted by Gasteiger charge is 2.31. The summed E-state index contributed by atoms with van der Waals surface area (Å²) < 4.78 is 13.8. The summed E-state index contributed by atoms with van der Waals surface area (Å²) in [5.74, 6) is -0.311. The second-order valence-electron chi connectivity index (χ2n) is 8.07. The van der Waals surface area contributed by atoms with Crippen LogP contribution in [0.25, 0.3) is 0 Å². The molecule has 0 bridgehead atoms. The topological polar surface area (TPSA) is 72.5 Å². The number of hydrogen-bond donors (Lipinski definition) is 2. The molecule has 29 heavy (non-hydrogen) atoms. The fourth-order valence-corrected chi connectivity index (χ4v) is 4.72. The van der Waals surface area contributed by atoms with Gasteiger partial charge in [-0.2, -0.15) is 5.10 Å². The Morgan fingerprint density at radius 2 is 2.14 bits per heavy atom. The molecule has 1 unspecified atom stereocenters. The van der Waals surface area contributed by atoms with Crippen LogP contribution < -0.4 is 0 Å². The summed E-state index contributed by atoms with van der Waals surface area (Å²) in [6, 6.07) is 4.92. The van der Waals surface area contributed by atoms with E-state index in [1.807, 2.05) is 11.0 Å². The van der Waals surface area contributed by atoms with Crippen LogP contribution in [0.15, 0.2) is 18.2 Å². The van der Waals surface area contributed by atoms with Crippen LogP contribution in [0.5, 0.6) is 0 Å². The van der Waals surface area contributed by atoms with Crippen molar-refractivity contribution in [1.82, 2.24) is 20.0 Å². The minimum Gasteiger partial charge on any atom is -0.392 e. The SMILES string of the molecule is CC(O)CN1CCc2[nH]nc(C(=O)N3CCC(c4cccc(F)c4Cl)CC3)c2C1. The zero-order valence-corrected chi connectivity index (χ0v) is 17.3. The van der Waals surface area contributed by atoms with Gasteiger partial charge in [0.2, 0.25) is 0 Å². The van der Waals surface area contributed by atoms with Gasteiger partial charge in [-0.25, -0.2) is 4.39 Å². The normalized spacial score (nSPS) is 19.2. The van der Waals surface area contributed by atoms with Crippen molar-refractivity contribution in [2.75, 3.05) is 26.2 Å². The minimum atomic E-state index is -0.406. The third kappa shape index (κ3) is 4.17. The number of carbonyl (C=O) groups excluding carboxylic acids is 1. The van der Waals surface area contributed by atoms with Crippen molar-refractivity contribution in [2.24, 2.45) is 0 Å². The lowest BCUT2D eigenvalue weighted by Gasteiger charge is -2.33. The largest absolute Gasteiger partial charge is 0.392 e. The van der Waals surface area contributed by atoms with Crippen molar-refractivity contribution in [3.05, 3.63) is 51.6 Å². The van der Waals surface area contributed by atoms with Crippen LogP contribution >= 0.6 is 11.6 Å². The van der Waals surface area contributed by atoms with E-state index in [9.17, 15) is 14.3 Å². The quantitative estimate of drug-likeness (QED) is 0.797. The number of aliphatic hydroxyl groups excluding tert-OH is 1. The predicted octanol–water partition coefficient (Wildman–Crippen LogP) is 2.96. The number of amides is 1. The Morgan fingerprint density at radius 1 is 1.38 bits per heavy atom. The van der Waals surface area contributed by atoms with Gasteiger partial charge >= 0.3 is 0 Å². The summed E-state index contributed by atoms with van der Waals surface area (Å²) in [5, 5.41) is 17.2. The number of fused-ring (bicyclic) bond motifs is 1. The van der Waals surface area contributed by atoms with Gasteiger partial charge in [0.25, 0.3) is 5.91 Å². The van der Waals surface area contributed by atoms with Crippen molar-refractivity contribution in [3.63, 3.8) is 0 Å². The minimum absolute atomic E-state index is 0.0646. The van der Waals surface area contributed by atoms with Gasteiger partial charge in [0.1, 0.15) is 5.82 Å². The Morgan fingerprint density at radius 3 is 2.86 bits per heavy atom. The van der Waals surface area contributed by atoms with Crippen LogP contribution in [0.3, 0.4) is 0 Å². The van der Waals surface area contributed by atoms with Crippen LogP contribution in [0, 0.1) is 5.82 Å². The molecule has 4 rings (SSSR count). The maximum absolute atomic E-state index is 13.8. The van der Waals surface area contributed by atoms with Crippen molar-refractivity contribution in [2.45, 2.75) is 44.8 Å². The van der Waals surface area contributed by atoms with E-state index in [-0.39, 0.29) is 16.8 Å². The van der Waals surface area contributed by atoms with Crippen LogP contribution in [-0.4, -0.2) is 63.3 Å². The number of aromatic amines is 1. The number of likely N-dealkylation sites (tertiary alicyclic amines) is 1. The first-order chi connectivity index (χ1) is 13.9. The number of nitrogens with one attached hydrogen (secondary N) is 1. The van der Waals surface area contributed by atoms with Gasteiger partial charge in [0, 0.05) is 50.4 Å². The molecule has 2 aliphatic rings. The number of halogens is 2. The average Bonchev–Trinajstić information content (AvgIpc) is 3.12. The van der Waals surface area contributed by atoms with E-state index in [4.69, 9.17) is 11.6 Å². The molecule has 8 heteroatoms. The molecule has 0 saturated carbocycles. The highest BCUT2D eigenvalue weighted by Crippen LogP contribution is 2.34. The zero-order chi connectivity index (χ0) is 20.5. The fourth-order valence-electron chi connectivity index (χ4n) is 4.44. The average molecular weight is 421 g/mol. The standard InChI is InChI=1S/C21H26ClFN4O2/c1-13(28)11-26-8-7-18-16(12-26)20(25-24-18)21(29)27-9-5-14(6-10-27)15-3-2-4-17(23)19(15)22/h2-4,13-14,28H,5-12H2,1H3,(H,24,25). The number of β-amino-alcohol motifs (C(OH)–C–C–N with tert-alkyl or cyclic N) is 1. The molecule has 1 saturated heterocycles. The van der Waals surface area contributed by atoms with Gasteiger partial charge in [-0.05, 0) is 37.3 Å². The van der Waals surface area contributed by atoms with Gasteiger partial charge in [-0.3, -0.25) is 14.8 Å². The molecule has 1 aromatic carbocycles. The molecule has 156 valence electrons. The first-order valence-electron chi connectivity index (χ1n) is 10.1. The lowest BCUT2D eigenvalue weighted by Crippen LogP contribution is -2.40. The van der Waals surface area contributed by atoms with Crippen LogP contribution in [0.2, 0.25) is 5.02 Å². The Hall–Kier alpha value is -1.96. The number of H-pyrrole nitrogens is 1. The number of aliphatic hydroxyl groups is 1. The molecule has 3 heterocycles. The third-order valence-corrected chi connectivity index (χ3v) is 6.34. The zero-order valence-electron chi connectivity index (χ0n) is 16.5. The second-order valence-corrected chi connectivity index (χ2v) is 8.45. The number of nitrogens with zero attached hydrogens (tertiary/aromatic N) is 3. The van der Waals surface area contributed by atoms with E-state index in [0.717, 1.165) is 42.6 Å². The van der Waals surface area contributed by atoms with Crippen molar-refractivity contribution in [1.29, 1.82) is 0 Å². The number of piperidine rings is 1. The molecule has 2 N–H and O–H groups in total. The number of hydrogen-bond acceptors (Lipinski definition) is 4. The Labute approximate surface area is 174 Å². The van der Waals surface area contributed by atoms with Gasteiger partial charge in [-0.15, -0.1) is 0 Å². The van der Waals surface area contributed by atoms with Crippen LogP contribution in [-0.2, 0) is 13.0 Å². The third-order valence-electron chi connectivity index (χ3n) is 5.94. The van der Waals surface area contributed by atoms with Crippen molar-refractivity contribution >= 4 is 17.5 Å². The summed E-state index contributed by atoms with van der Waals surface area (Å²) in [4.78, 5) is 17.1. The Kier molecular flexibility index (Phi) is 5.90. The summed E-state index contributed by atoms with van der Waals surface area (Å²) in [7, 11) is 0. The lowest BCUT2D eigenvalue weighted by atomic mass is 9.89. The molecule has 1 amide bonds. The van der Waals surface area contributed by atoms with E-state index < -0.39 is 11.9 Å². The molecular weight excluding hydrogens is 395 g/mol. The summed E-state index contributed by atoms with van der Waals surface area (Å²) >= 11 is 6.14. The van der Waals surface area contributed by atoms with E-state index in [1.165, 1.54) is 6.07 Å². The van der Waals surface area contributed by atoms with E-state index in [0.29, 0.717) is 31.9 Å². The maximum atomic E-state index is 13.8. The number of aromatic nitrogens is 2. The molecule has 0 radical (unpaired) electrons. The molecule has 1 atom stereocenters. The van der Waals surface area contributed by atoms with Gasteiger partial charge < -0.3 is 10.0 Å². The molecule has 2 aliphatic heterocycles. The van der Waals surface area contributed by atoms with Gasteiger partial charge in [0.15, 0.2) is 5.69 Å². The number of benzene rings is 1. The molecule has 0 aliphatic carbocycles. The number of carbonyl (C=O) groups is 1. The van der Waals surface area contributed by atoms with Gasteiger partial charge in [-0.1, -0.05) is 23.7 Å². The molecule has 1 fully saturated rings. The van der Waals surface area contributed by atoms with Crippen LogP contribution in [0.4, 0.5) is 4.39 Å². The monoisotopic (exact) mass is 420 g/mol. The second kappa shape index (κ2) is 8.42. The van der Waals surface area contributed by atoms with Gasteiger partial charge in [0.05, 0.1) is 11.1 Å². The molecule has 6 nitrogen and oxygen atoms in total. The van der Waals surface area contributed by atoms with Crippen molar-refractivity contribution in [3.8, 4) is 0 Å². The maximum Gasteiger partial charge on any atom is 0.274 e. The lowest BCUT2D eigenvalue weighted by molar-refractivity contribution is 0.0703. The molecule has 2 aromatic rings. The summed E-state index contributed by atoms with van der Waals surface area (Å²) in [6.07, 6.45) is 1.88. The van der Waals surface area contributed by atoms with E-state index >= 15 is 0 Å².